The van der Waals surface area contributed by atoms with Gasteiger partial charge < -0.3 is 9.47 Å². The molecular formula is C25H45N7. The molecule has 7 heteroatoms. The van der Waals surface area contributed by atoms with Crippen molar-refractivity contribution < 1.29 is 0 Å². The first-order chi connectivity index (χ1) is 15.2. The second kappa shape index (κ2) is 15.6. The first-order valence-corrected chi connectivity index (χ1v) is 12.0. The quantitative estimate of drug-likeness (QED) is 0.641. The van der Waals surface area contributed by atoms with Crippen LogP contribution in [0.3, 0.4) is 0 Å². The van der Waals surface area contributed by atoms with Gasteiger partial charge in [-0.2, -0.15) is 0 Å². The van der Waals surface area contributed by atoms with Gasteiger partial charge in [0.05, 0.1) is 19.4 Å². The number of hydrogen-bond donors (Lipinski definition) is 0. The standard InChI is InChI=1S/C7H15N.3C6H10N2/c1-7(2)8-5-3-4-6-8;2*1-5(2)6-3-7-4-8-6;1-6(2)8-4-3-7-5-8/h7H,3-6H2,1-2H3;2*4-5H,3H2,1-2H3;3-6H,1-2H3. The summed E-state index contributed by atoms with van der Waals surface area (Å²) in [6.07, 6.45) is 11.7. The van der Waals surface area contributed by atoms with Crippen molar-refractivity contribution in [1.29, 1.82) is 0 Å². The van der Waals surface area contributed by atoms with Crippen LogP contribution in [0.15, 0.2) is 38.7 Å². The Morgan fingerprint density at radius 2 is 1.22 bits per heavy atom. The van der Waals surface area contributed by atoms with E-state index in [0.717, 1.165) is 19.1 Å². The van der Waals surface area contributed by atoms with Crippen LogP contribution in [0.5, 0.6) is 0 Å². The molecule has 0 N–H and O–H groups in total. The van der Waals surface area contributed by atoms with Gasteiger partial charge in [-0.25, -0.2) is 15.0 Å². The van der Waals surface area contributed by atoms with Crippen LogP contribution in [-0.4, -0.2) is 70.8 Å². The lowest BCUT2D eigenvalue weighted by molar-refractivity contribution is 0.276. The fraction of sp³-hybridized carbons (Fsp3) is 0.720. The lowest BCUT2D eigenvalue weighted by Crippen LogP contribution is -2.26. The smallest absolute Gasteiger partial charge is 0.110 e. The highest BCUT2D eigenvalue weighted by molar-refractivity contribution is 5.97. The van der Waals surface area contributed by atoms with Crippen molar-refractivity contribution >= 4 is 24.1 Å². The monoisotopic (exact) mass is 443 g/mol. The molecule has 7 nitrogen and oxygen atoms in total. The molecule has 1 aromatic rings. The number of hydrogen-bond acceptors (Lipinski definition) is 6. The van der Waals surface area contributed by atoms with E-state index in [2.05, 4.69) is 89.8 Å². The van der Waals surface area contributed by atoms with Gasteiger partial charge in [0.15, 0.2) is 0 Å². The molecule has 0 saturated carbocycles. The molecule has 0 aliphatic carbocycles. The lowest BCUT2D eigenvalue weighted by Gasteiger charge is -2.18. The third kappa shape index (κ3) is 11.5. The zero-order valence-electron chi connectivity index (χ0n) is 21.6. The van der Waals surface area contributed by atoms with Crippen LogP contribution < -0.4 is 0 Å². The van der Waals surface area contributed by atoms with E-state index in [0.29, 0.717) is 17.9 Å². The molecule has 0 unspecified atom stereocenters. The Morgan fingerprint density at radius 3 is 1.41 bits per heavy atom. The lowest BCUT2D eigenvalue weighted by atomic mass is 10.1. The maximum absolute atomic E-state index is 4.06. The van der Waals surface area contributed by atoms with E-state index in [1.807, 2.05) is 12.5 Å². The minimum atomic E-state index is 0.539. The second-order valence-electron chi connectivity index (χ2n) is 9.40. The van der Waals surface area contributed by atoms with Gasteiger partial charge in [0, 0.05) is 35.9 Å². The Balaban J connectivity index is 0.000000213. The fourth-order valence-electron chi connectivity index (χ4n) is 3.08. The highest BCUT2D eigenvalue weighted by atomic mass is 15.2. The molecule has 1 aromatic heterocycles. The molecule has 180 valence electrons. The highest BCUT2D eigenvalue weighted by Crippen LogP contribution is 2.10. The summed E-state index contributed by atoms with van der Waals surface area (Å²) in [6.45, 7) is 21.6. The molecule has 3 aliphatic heterocycles. The molecule has 0 atom stereocenters. The number of rotatable bonds is 4. The predicted octanol–water partition coefficient (Wildman–Crippen LogP) is 5.21. The Hall–Kier alpha value is -2.15. The zero-order chi connectivity index (χ0) is 23.9. The summed E-state index contributed by atoms with van der Waals surface area (Å²) < 4.78 is 2.06. The van der Waals surface area contributed by atoms with Crippen LogP contribution >= 0.6 is 0 Å². The maximum Gasteiger partial charge on any atom is 0.110 e. The van der Waals surface area contributed by atoms with Crippen molar-refractivity contribution in [2.75, 3.05) is 26.2 Å². The second-order valence-corrected chi connectivity index (χ2v) is 9.40. The van der Waals surface area contributed by atoms with Gasteiger partial charge in [-0.15, -0.1) is 0 Å². The van der Waals surface area contributed by atoms with Crippen molar-refractivity contribution in [3.8, 4) is 0 Å². The van der Waals surface area contributed by atoms with Gasteiger partial charge in [0.2, 0.25) is 0 Å². The van der Waals surface area contributed by atoms with E-state index in [4.69, 9.17) is 0 Å². The van der Waals surface area contributed by atoms with Crippen molar-refractivity contribution in [2.45, 2.75) is 80.3 Å². The van der Waals surface area contributed by atoms with E-state index in [9.17, 15) is 0 Å². The average molecular weight is 444 g/mol. The molecule has 0 bridgehead atoms. The van der Waals surface area contributed by atoms with Gasteiger partial charge in [0.1, 0.15) is 12.7 Å². The summed E-state index contributed by atoms with van der Waals surface area (Å²) in [5, 5.41) is 0. The van der Waals surface area contributed by atoms with Crippen LogP contribution in [0.25, 0.3) is 0 Å². The summed E-state index contributed by atoms with van der Waals surface area (Å²) >= 11 is 0. The number of aliphatic imine (C=N–C) groups is 4. The molecule has 1 saturated heterocycles. The van der Waals surface area contributed by atoms with Crippen molar-refractivity contribution in [2.24, 2.45) is 31.8 Å². The largest absolute Gasteiger partial charge is 0.335 e. The van der Waals surface area contributed by atoms with E-state index < -0.39 is 0 Å². The number of aromatic nitrogens is 2. The van der Waals surface area contributed by atoms with Crippen LogP contribution in [0.4, 0.5) is 0 Å². The third-order valence-electron chi connectivity index (χ3n) is 5.44. The number of likely N-dealkylation sites (tertiary alicyclic amines) is 1. The van der Waals surface area contributed by atoms with Crippen LogP contribution in [-0.2, 0) is 0 Å². The number of nitrogens with zero attached hydrogens (tertiary/aromatic N) is 7. The predicted molar refractivity (Wildman–Crippen MR) is 140 cm³/mol. The van der Waals surface area contributed by atoms with Gasteiger partial charge >= 0.3 is 0 Å². The van der Waals surface area contributed by atoms with Crippen LogP contribution in [0.2, 0.25) is 0 Å². The maximum atomic E-state index is 4.06. The summed E-state index contributed by atoms with van der Waals surface area (Å²) in [4.78, 5) is 22.5. The van der Waals surface area contributed by atoms with Crippen molar-refractivity contribution in [3.05, 3.63) is 18.7 Å². The van der Waals surface area contributed by atoms with Gasteiger partial charge in [-0.1, -0.05) is 27.7 Å². The molecule has 32 heavy (non-hydrogen) atoms. The highest BCUT2D eigenvalue weighted by Gasteiger charge is 2.13. The molecule has 0 aromatic carbocycles. The van der Waals surface area contributed by atoms with Crippen molar-refractivity contribution in [1.82, 2.24) is 14.5 Å². The Morgan fingerprint density at radius 1 is 0.719 bits per heavy atom. The molecule has 0 spiro atoms. The Kier molecular flexibility index (Phi) is 13.6. The summed E-state index contributed by atoms with van der Waals surface area (Å²) in [6, 6.07) is 1.31. The van der Waals surface area contributed by atoms with Gasteiger partial charge in [-0.3, -0.25) is 9.98 Å². The topological polar surface area (TPSA) is 70.5 Å². The number of imidazole rings is 1. The van der Waals surface area contributed by atoms with Gasteiger partial charge in [-0.05, 0) is 65.5 Å². The minimum absolute atomic E-state index is 0.539. The SMILES string of the molecule is CC(C)C1=NC=NC1.CC(C)C1=NC=NC1.CC(C)N1CCCC1.CC(C)n1ccnc1. The zero-order valence-corrected chi connectivity index (χ0v) is 21.6. The fourth-order valence-corrected chi connectivity index (χ4v) is 3.08. The first kappa shape index (κ1) is 27.9. The van der Waals surface area contributed by atoms with E-state index in [1.165, 1.54) is 37.4 Å². The molecule has 1 fully saturated rings. The third-order valence-corrected chi connectivity index (χ3v) is 5.44. The first-order valence-electron chi connectivity index (χ1n) is 12.0. The molecule has 0 radical (unpaired) electrons. The molecular weight excluding hydrogens is 398 g/mol. The normalized spacial score (nSPS) is 17.1. The van der Waals surface area contributed by atoms with Gasteiger partial charge in [0.25, 0.3) is 0 Å². The average Bonchev–Trinajstić information content (AvgIpc) is 3.56. The molecule has 4 rings (SSSR count). The molecule has 3 aliphatic rings. The summed E-state index contributed by atoms with van der Waals surface area (Å²) in [5.41, 5.74) is 2.40. The van der Waals surface area contributed by atoms with Crippen LogP contribution in [0, 0.1) is 11.8 Å². The van der Waals surface area contributed by atoms with E-state index >= 15 is 0 Å². The Bertz CT molecular complexity index is 685. The van der Waals surface area contributed by atoms with E-state index in [1.54, 1.807) is 18.9 Å². The summed E-state index contributed by atoms with van der Waals surface area (Å²) in [5.74, 6) is 1.13. The summed E-state index contributed by atoms with van der Waals surface area (Å²) in [7, 11) is 0. The molecule has 4 heterocycles. The minimum Gasteiger partial charge on any atom is -0.335 e. The Labute approximate surface area is 195 Å². The molecule has 0 amide bonds. The van der Waals surface area contributed by atoms with E-state index in [-0.39, 0.29) is 0 Å². The van der Waals surface area contributed by atoms with Crippen LogP contribution in [0.1, 0.15) is 74.3 Å². The van der Waals surface area contributed by atoms with Crippen molar-refractivity contribution in [3.63, 3.8) is 0 Å².